The SMILES string of the molecule is CN=C(NCCCOC)NCCc1ccc(Br)s1.I. The van der Waals surface area contributed by atoms with E-state index >= 15 is 0 Å². The Bertz CT molecular complexity index is 374. The molecule has 0 bridgehead atoms. The summed E-state index contributed by atoms with van der Waals surface area (Å²) in [5.41, 5.74) is 0. The highest BCUT2D eigenvalue weighted by atomic mass is 127. The van der Waals surface area contributed by atoms with E-state index in [1.54, 1.807) is 25.5 Å². The van der Waals surface area contributed by atoms with Crippen LogP contribution in [0.4, 0.5) is 0 Å². The predicted octanol–water partition coefficient (Wildman–Crippen LogP) is 2.87. The van der Waals surface area contributed by atoms with Crippen LogP contribution < -0.4 is 10.6 Å². The Kier molecular flexibility index (Phi) is 12.0. The van der Waals surface area contributed by atoms with Gasteiger partial charge in [0.15, 0.2) is 5.96 Å². The summed E-state index contributed by atoms with van der Waals surface area (Å²) in [6.07, 6.45) is 1.99. The highest BCUT2D eigenvalue weighted by Crippen LogP contribution is 2.21. The molecule has 0 fully saturated rings. The van der Waals surface area contributed by atoms with Crippen molar-refractivity contribution in [1.82, 2.24) is 10.6 Å². The minimum absolute atomic E-state index is 0. The first-order valence-electron chi connectivity index (χ1n) is 5.94. The van der Waals surface area contributed by atoms with Crippen LogP contribution in [0.5, 0.6) is 0 Å². The first kappa shape index (κ1) is 19.1. The summed E-state index contributed by atoms with van der Waals surface area (Å²) < 4.78 is 6.18. The van der Waals surface area contributed by atoms with Crippen LogP contribution in [-0.4, -0.2) is 39.8 Å². The van der Waals surface area contributed by atoms with Crippen molar-refractivity contribution in [1.29, 1.82) is 0 Å². The third-order valence-corrected chi connectivity index (χ3v) is 4.02. The fourth-order valence-electron chi connectivity index (χ4n) is 1.43. The average molecular weight is 462 g/mol. The van der Waals surface area contributed by atoms with Crippen LogP contribution in [-0.2, 0) is 11.2 Å². The van der Waals surface area contributed by atoms with E-state index < -0.39 is 0 Å². The summed E-state index contributed by atoms with van der Waals surface area (Å²) in [5.74, 6) is 0.849. The molecule has 0 aliphatic carbocycles. The number of nitrogens with one attached hydrogen (secondary N) is 2. The second-order valence-corrected chi connectivity index (χ2v) is 6.28. The van der Waals surface area contributed by atoms with E-state index in [-0.39, 0.29) is 24.0 Å². The Morgan fingerprint density at radius 1 is 1.37 bits per heavy atom. The van der Waals surface area contributed by atoms with Crippen molar-refractivity contribution in [3.63, 3.8) is 0 Å². The van der Waals surface area contributed by atoms with E-state index in [0.717, 1.165) is 38.5 Å². The van der Waals surface area contributed by atoms with Crippen molar-refractivity contribution < 1.29 is 4.74 Å². The van der Waals surface area contributed by atoms with Crippen molar-refractivity contribution in [3.8, 4) is 0 Å². The van der Waals surface area contributed by atoms with Gasteiger partial charge in [-0.25, -0.2) is 0 Å². The van der Waals surface area contributed by atoms with Gasteiger partial charge in [0.1, 0.15) is 0 Å². The summed E-state index contributed by atoms with van der Waals surface area (Å²) in [5, 5.41) is 6.54. The summed E-state index contributed by atoms with van der Waals surface area (Å²) in [6, 6.07) is 4.23. The molecule has 0 spiro atoms. The molecule has 1 heterocycles. The average Bonchev–Trinajstić information content (AvgIpc) is 2.78. The number of aliphatic imine (C=N–C) groups is 1. The lowest BCUT2D eigenvalue weighted by Crippen LogP contribution is -2.38. The minimum atomic E-state index is 0. The maximum atomic E-state index is 5.00. The number of methoxy groups -OCH3 is 1. The van der Waals surface area contributed by atoms with Crippen molar-refractivity contribution in [2.45, 2.75) is 12.8 Å². The van der Waals surface area contributed by atoms with E-state index in [1.807, 2.05) is 0 Å². The van der Waals surface area contributed by atoms with Gasteiger partial charge in [-0.15, -0.1) is 35.3 Å². The monoisotopic (exact) mass is 461 g/mol. The molecule has 0 radical (unpaired) electrons. The second-order valence-electron chi connectivity index (χ2n) is 3.73. The fraction of sp³-hybridized carbons (Fsp3) is 0.583. The number of thiophene rings is 1. The highest BCUT2D eigenvalue weighted by molar-refractivity contribution is 14.0. The molecule has 0 aliphatic heterocycles. The Hall–Kier alpha value is 0.140. The smallest absolute Gasteiger partial charge is 0.190 e. The molecule has 110 valence electrons. The largest absolute Gasteiger partial charge is 0.385 e. The Morgan fingerprint density at radius 3 is 2.68 bits per heavy atom. The molecule has 0 unspecified atom stereocenters. The van der Waals surface area contributed by atoms with Crippen LogP contribution in [0.25, 0.3) is 0 Å². The van der Waals surface area contributed by atoms with Crippen LogP contribution in [0.1, 0.15) is 11.3 Å². The maximum absolute atomic E-state index is 5.00. The molecule has 0 atom stereocenters. The topological polar surface area (TPSA) is 45.7 Å². The predicted molar refractivity (Wildman–Crippen MR) is 97.0 cm³/mol. The number of halogens is 2. The molecule has 7 heteroatoms. The molecule has 0 aromatic carbocycles. The molecule has 0 saturated heterocycles. The summed E-state index contributed by atoms with van der Waals surface area (Å²) in [6.45, 7) is 2.53. The number of nitrogens with zero attached hydrogens (tertiary/aromatic N) is 1. The van der Waals surface area contributed by atoms with Crippen LogP contribution >= 0.6 is 51.2 Å². The number of ether oxygens (including phenoxy) is 1. The third kappa shape index (κ3) is 8.83. The number of hydrogen-bond donors (Lipinski definition) is 2. The molecule has 0 amide bonds. The summed E-state index contributed by atoms with van der Waals surface area (Å²) in [4.78, 5) is 5.53. The van der Waals surface area contributed by atoms with Crippen LogP contribution in [0.3, 0.4) is 0 Å². The van der Waals surface area contributed by atoms with Gasteiger partial charge in [-0.2, -0.15) is 0 Å². The van der Waals surface area contributed by atoms with E-state index in [0.29, 0.717) is 0 Å². The lowest BCUT2D eigenvalue weighted by molar-refractivity contribution is 0.195. The van der Waals surface area contributed by atoms with Gasteiger partial charge in [0.2, 0.25) is 0 Å². The molecule has 4 nitrogen and oxygen atoms in total. The first-order chi connectivity index (χ1) is 8.76. The van der Waals surface area contributed by atoms with Crippen molar-refractivity contribution in [2.75, 3.05) is 33.9 Å². The standard InChI is InChI=1S/C12H20BrN3OS.HI/c1-14-12(15-7-3-9-17-2)16-8-6-10-4-5-11(13)18-10;/h4-5H,3,6-9H2,1-2H3,(H2,14,15,16);1H. The number of rotatable bonds is 7. The second kappa shape index (κ2) is 11.9. The first-order valence-corrected chi connectivity index (χ1v) is 7.55. The van der Waals surface area contributed by atoms with Crippen molar-refractivity contribution in [2.24, 2.45) is 4.99 Å². The molecule has 0 saturated carbocycles. The normalized spacial score (nSPS) is 11.0. The van der Waals surface area contributed by atoms with Gasteiger partial charge in [0, 0.05) is 38.7 Å². The zero-order valence-corrected chi connectivity index (χ0v) is 16.0. The van der Waals surface area contributed by atoms with Gasteiger partial charge in [0.25, 0.3) is 0 Å². The van der Waals surface area contributed by atoms with Crippen LogP contribution in [0.2, 0.25) is 0 Å². The van der Waals surface area contributed by atoms with E-state index in [4.69, 9.17) is 4.74 Å². The van der Waals surface area contributed by atoms with Gasteiger partial charge in [-0.05, 0) is 40.9 Å². The molecule has 0 aliphatic rings. The molecule has 1 rings (SSSR count). The lowest BCUT2D eigenvalue weighted by atomic mass is 10.3. The molecule has 1 aromatic heterocycles. The Balaban J connectivity index is 0.00000324. The Labute approximate surface area is 144 Å². The van der Waals surface area contributed by atoms with Gasteiger partial charge < -0.3 is 15.4 Å². The number of guanidine groups is 1. The molecule has 1 aromatic rings. The quantitative estimate of drug-likeness (QED) is 0.284. The van der Waals surface area contributed by atoms with E-state index in [9.17, 15) is 0 Å². The lowest BCUT2D eigenvalue weighted by Gasteiger charge is -2.11. The molecular formula is C12H21BrIN3OS. The van der Waals surface area contributed by atoms with Gasteiger partial charge >= 0.3 is 0 Å². The third-order valence-electron chi connectivity index (χ3n) is 2.33. The summed E-state index contributed by atoms with van der Waals surface area (Å²) >= 11 is 5.24. The maximum Gasteiger partial charge on any atom is 0.190 e. The highest BCUT2D eigenvalue weighted by Gasteiger charge is 1.99. The zero-order chi connectivity index (χ0) is 13.2. The van der Waals surface area contributed by atoms with E-state index in [1.165, 1.54) is 8.66 Å². The van der Waals surface area contributed by atoms with Crippen LogP contribution in [0.15, 0.2) is 20.9 Å². The molecule has 2 N–H and O–H groups in total. The van der Waals surface area contributed by atoms with Crippen LogP contribution in [0, 0.1) is 0 Å². The fourth-order valence-corrected chi connectivity index (χ4v) is 2.92. The summed E-state index contributed by atoms with van der Waals surface area (Å²) in [7, 11) is 3.50. The van der Waals surface area contributed by atoms with Crippen molar-refractivity contribution in [3.05, 3.63) is 20.8 Å². The zero-order valence-electron chi connectivity index (χ0n) is 11.2. The van der Waals surface area contributed by atoms with Gasteiger partial charge in [-0.3, -0.25) is 4.99 Å². The molecule has 19 heavy (non-hydrogen) atoms. The molecular weight excluding hydrogens is 441 g/mol. The minimum Gasteiger partial charge on any atom is -0.385 e. The van der Waals surface area contributed by atoms with Crippen molar-refractivity contribution >= 4 is 57.2 Å². The van der Waals surface area contributed by atoms with E-state index in [2.05, 4.69) is 43.7 Å². The van der Waals surface area contributed by atoms with Gasteiger partial charge in [-0.1, -0.05) is 0 Å². The van der Waals surface area contributed by atoms with Gasteiger partial charge in [0.05, 0.1) is 3.79 Å². The Morgan fingerprint density at radius 2 is 2.11 bits per heavy atom. The number of hydrogen-bond acceptors (Lipinski definition) is 3.